The molecule has 0 amide bonds. The average Bonchev–Trinajstić information content (AvgIpc) is 2.38. The molecule has 8 heteroatoms. The number of hydrogen-bond acceptors (Lipinski definition) is 4. The van der Waals surface area contributed by atoms with Gasteiger partial charge in [0.1, 0.15) is 5.82 Å². The first kappa shape index (κ1) is 14.2. The molecule has 1 aromatic carbocycles. The summed E-state index contributed by atoms with van der Waals surface area (Å²) in [4.78, 5) is 7.61. The summed E-state index contributed by atoms with van der Waals surface area (Å²) in [7, 11) is -3.67. The van der Waals surface area contributed by atoms with Gasteiger partial charge < -0.3 is 0 Å². The third kappa shape index (κ3) is 3.65. The summed E-state index contributed by atoms with van der Waals surface area (Å²) in [5, 5.41) is 0.650. The van der Waals surface area contributed by atoms with E-state index in [9.17, 15) is 8.42 Å². The summed E-state index contributed by atoms with van der Waals surface area (Å²) in [6.45, 7) is 0. The fourth-order valence-electron chi connectivity index (χ4n) is 1.35. The molecule has 0 atom stereocenters. The smallest absolute Gasteiger partial charge is 0.263 e. The molecule has 1 heterocycles. The van der Waals surface area contributed by atoms with Crippen molar-refractivity contribution in [2.24, 2.45) is 0 Å². The number of nitrogens with one attached hydrogen (secondary N) is 1. The van der Waals surface area contributed by atoms with Gasteiger partial charge in [0.05, 0.1) is 4.90 Å². The molecule has 0 saturated carbocycles. The molecule has 2 aromatic rings. The molecule has 0 aliphatic heterocycles. The van der Waals surface area contributed by atoms with Crippen molar-refractivity contribution >= 4 is 43.4 Å². The number of aromatic nitrogens is 2. The highest BCUT2D eigenvalue weighted by molar-refractivity contribution is 9.08. The molecule has 0 unspecified atom stereocenters. The van der Waals surface area contributed by atoms with E-state index in [1.807, 2.05) is 0 Å². The van der Waals surface area contributed by atoms with Crippen LogP contribution in [0.3, 0.4) is 0 Å². The second-order valence-electron chi connectivity index (χ2n) is 3.59. The van der Waals surface area contributed by atoms with Crippen LogP contribution in [0.25, 0.3) is 0 Å². The number of rotatable bonds is 4. The van der Waals surface area contributed by atoms with Crippen LogP contribution in [0.1, 0.15) is 5.56 Å². The highest BCUT2D eigenvalue weighted by atomic mass is 79.9. The second-order valence-corrected chi connectivity index (χ2v) is 6.18. The van der Waals surface area contributed by atoms with Gasteiger partial charge in [0, 0.05) is 11.5 Å². The molecular formula is C11H9BrClN3O2S. The van der Waals surface area contributed by atoms with Crippen LogP contribution >= 0.6 is 27.5 Å². The Kier molecular flexibility index (Phi) is 4.38. The molecule has 5 nitrogen and oxygen atoms in total. The lowest BCUT2D eigenvalue weighted by Crippen LogP contribution is -2.14. The van der Waals surface area contributed by atoms with Gasteiger partial charge in [0.15, 0.2) is 0 Å². The van der Waals surface area contributed by atoms with Crippen LogP contribution in [0, 0.1) is 0 Å². The molecule has 0 saturated heterocycles. The molecule has 1 N–H and O–H groups in total. The topological polar surface area (TPSA) is 72.0 Å². The Hall–Kier alpha value is -1.18. The number of hydrogen-bond donors (Lipinski definition) is 1. The number of nitrogens with zero attached hydrogens (tertiary/aromatic N) is 2. The highest BCUT2D eigenvalue weighted by Gasteiger charge is 2.14. The first-order valence-corrected chi connectivity index (χ1v) is 8.16. The van der Waals surface area contributed by atoms with E-state index in [2.05, 4.69) is 30.6 Å². The lowest BCUT2D eigenvalue weighted by molar-refractivity contribution is 0.601. The minimum Gasteiger partial charge on any atom is -0.263 e. The quantitative estimate of drug-likeness (QED) is 0.670. The normalized spacial score (nSPS) is 11.3. The van der Waals surface area contributed by atoms with Crippen molar-refractivity contribution in [3.63, 3.8) is 0 Å². The zero-order chi connectivity index (χ0) is 13.9. The monoisotopic (exact) mass is 361 g/mol. The van der Waals surface area contributed by atoms with E-state index < -0.39 is 10.0 Å². The van der Waals surface area contributed by atoms with Gasteiger partial charge in [-0.1, -0.05) is 28.1 Å². The maximum Gasteiger partial charge on any atom is 0.263 e. The van der Waals surface area contributed by atoms with E-state index in [4.69, 9.17) is 11.6 Å². The zero-order valence-corrected chi connectivity index (χ0v) is 12.7. The Morgan fingerprint density at radius 1 is 1.21 bits per heavy atom. The van der Waals surface area contributed by atoms with Crippen molar-refractivity contribution in [1.82, 2.24) is 9.97 Å². The molecule has 0 spiro atoms. The minimum atomic E-state index is -3.67. The number of halogens is 2. The summed E-state index contributed by atoms with van der Waals surface area (Å²) in [5.74, 6) is 0.129. The Bertz CT molecular complexity index is 677. The number of sulfonamides is 1. The largest absolute Gasteiger partial charge is 0.263 e. The molecule has 19 heavy (non-hydrogen) atoms. The SMILES string of the molecule is O=S(=O)(Nc1ccnc(Cl)n1)c1ccc(CBr)cc1. The van der Waals surface area contributed by atoms with E-state index in [0.29, 0.717) is 5.33 Å². The predicted octanol–water partition coefficient (Wildman–Crippen LogP) is 2.83. The van der Waals surface area contributed by atoms with E-state index in [1.165, 1.54) is 24.4 Å². The van der Waals surface area contributed by atoms with Crippen LogP contribution in [-0.4, -0.2) is 18.4 Å². The first-order valence-electron chi connectivity index (χ1n) is 5.17. The van der Waals surface area contributed by atoms with Crippen LogP contribution in [0.2, 0.25) is 5.28 Å². The van der Waals surface area contributed by atoms with E-state index >= 15 is 0 Å². The minimum absolute atomic E-state index is 0.0187. The second kappa shape index (κ2) is 5.85. The molecule has 0 bridgehead atoms. The third-order valence-electron chi connectivity index (χ3n) is 2.25. The first-order chi connectivity index (χ1) is 9.01. The van der Waals surface area contributed by atoms with E-state index in [0.717, 1.165) is 5.56 Å². The van der Waals surface area contributed by atoms with Gasteiger partial charge >= 0.3 is 0 Å². The third-order valence-corrected chi connectivity index (χ3v) is 4.45. The van der Waals surface area contributed by atoms with Crippen LogP contribution < -0.4 is 4.72 Å². The average molecular weight is 363 g/mol. The summed E-state index contributed by atoms with van der Waals surface area (Å²) in [5.41, 5.74) is 0.990. The fourth-order valence-corrected chi connectivity index (χ4v) is 2.87. The van der Waals surface area contributed by atoms with Gasteiger partial charge in [-0.3, -0.25) is 4.72 Å². The van der Waals surface area contributed by atoms with Crippen molar-refractivity contribution < 1.29 is 8.42 Å². The van der Waals surface area contributed by atoms with Crippen LogP contribution in [-0.2, 0) is 15.4 Å². The van der Waals surface area contributed by atoms with Gasteiger partial charge in [-0.05, 0) is 35.4 Å². The highest BCUT2D eigenvalue weighted by Crippen LogP contribution is 2.16. The standard InChI is InChI=1S/C11H9BrClN3O2S/c12-7-8-1-3-9(4-2-8)19(17,18)16-10-5-6-14-11(13)15-10/h1-6H,7H2,(H,14,15,16). The predicted molar refractivity (Wildman–Crippen MR) is 76.9 cm³/mol. The molecular weight excluding hydrogens is 354 g/mol. The van der Waals surface area contributed by atoms with Gasteiger partial charge in [0.25, 0.3) is 10.0 Å². The summed E-state index contributed by atoms with van der Waals surface area (Å²) < 4.78 is 26.5. The molecule has 1 aromatic heterocycles. The molecule has 100 valence electrons. The van der Waals surface area contributed by atoms with Crippen LogP contribution in [0.5, 0.6) is 0 Å². The molecule has 0 fully saturated rings. The van der Waals surface area contributed by atoms with Crippen molar-refractivity contribution in [2.75, 3.05) is 4.72 Å². The lowest BCUT2D eigenvalue weighted by Gasteiger charge is -2.07. The van der Waals surface area contributed by atoms with Crippen LogP contribution in [0.4, 0.5) is 5.82 Å². The summed E-state index contributed by atoms with van der Waals surface area (Å²) in [6.07, 6.45) is 1.38. The van der Waals surface area contributed by atoms with Crippen molar-refractivity contribution in [2.45, 2.75) is 10.2 Å². The Morgan fingerprint density at radius 3 is 2.47 bits per heavy atom. The van der Waals surface area contributed by atoms with Crippen molar-refractivity contribution in [1.29, 1.82) is 0 Å². The van der Waals surface area contributed by atoms with Gasteiger partial charge in [-0.15, -0.1) is 0 Å². The molecule has 2 rings (SSSR count). The van der Waals surface area contributed by atoms with Crippen molar-refractivity contribution in [3.8, 4) is 0 Å². The van der Waals surface area contributed by atoms with Crippen molar-refractivity contribution in [3.05, 3.63) is 47.4 Å². The maximum atomic E-state index is 12.1. The van der Waals surface area contributed by atoms with Crippen LogP contribution in [0.15, 0.2) is 41.4 Å². The van der Waals surface area contributed by atoms with Gasteiger partial charge in [-0.25, -0.2) is 13.4 Å². The maximum absolute atomic E-state index is 12.1. The fraction of sp³-hybridized carbons (Fsp3) is 0.0909. The van der Waals surface area contributed by atoms with Gasteiger partial charge in [0.2, 0.25) is 5.28 Å². The molecule has 0 aliphatic rings. The summed E-state index contributed by atoms with van der Waals surface area (Å²) in [6, 6.07) is 7.95. The zero-order valence-electron chi connectivity index (χ0n) is 9.55. The van der Waals surface area contributed by atoms with E-state index in [1.54, 1.807) is 12.1 Å². The van der Waals surface area contributed by atoms with E-state index in [-0.39, 0.29) is 16.0 Å². The van der Waals surface area contributed by atoms with Gasteiger partial charge in [-0.2, -0.15) is 4.98 Å². The Morgan fingerprint density at radius 2 is 1.89 bits per heavy atom. The Labute approximate surface area is 124 Å². The number of alkyl halides is 1. The summed E-state index contributed by atoms with van der Waals surface area (Å²) >= 11 is 8.89. The Balaban J connectivity index is 2.27. The molecule has 0 radical (unpaired) electrons. The molecule has 0 aliphatic carbocycles. The number of anilines is 1. The number of benzene rings is 1. The lowest BCUT2D eigenvalue weighted by atomic mass is 10.2.